The van der Waals surface area contributed by atoms with E-state index in [0.717, 1.165) is 25.7 Å². The van der Waals surface area contributed by atoms with Gasteiger partial charge in [0.1, 0.15) is 0 Å². The second-order valence-electron chi connectivity index (χ2n) is 4.03. The molecule has 0 aliphatic carbocycles. The second kappa shape index (κ2) is 12.0. The maximum absolute atomic E-state index is 11.3. The summed E-state index contributed by atoms with van der Waals surface area (Å²) in [5.41, 5.74) is 0.652. The molecule has 0 rings (SSSR count). The topological polar surface area (TPSA) is 52.6 Å². The van der Waals surface area contributed by atoms with Crippen LogP contribution in [0.3, 0.4) is 0 Å². The molecule has 0 aromatic heterocycles. The van der Waals surface area contributed by atoms with Gasteiger partial charge in [0.25, 0.3) is 0 Å². The molecular formula is C16H22O4. The van der Waals surface area contributed by atoms with Gasteiger partial charge < -0.3 is 9.47 Å². The van der Waals surface area contributed by atoms with Gasteiger partial charge in [-0.2, -0.15) is 0 Å². The summed E-state index contributed by atoms with van der Waals surface area (Å²) in [6, 6.07) is 0. The number of ether oxygens (including phenoxy) is 2. The molecule has 0 N–H and O–H groups in total. The van der Waals surface area contributed by atoms with Gasteiger partial charge in [-0.3, -0.25) is 0 Å². The van der Waals surface area contributed by atoms with E-state index in [0.29, 0.717) is 12.2 Å². The van der Waals surface area contributed by atoms with E-state index in [4.69, 9.17) is 4.74 Å². The standard InChI is InChI=1S/C16H22O4/c1-4-20-16(18)14(2)12-10-8-6-5-7-9-11-13-15(17)19-3/h11-13H,4-6,8,10H2,1-3H3/b13-11+,14-12+. The Balaban J connectivity index is 3.75. The monoisotopic (exact) mass is 278 g/mol. The maximum Gasteiger partial charge on any atom is 0.333 e. The molecule has 0 unspecified atom stereocenters. The molecule has 4 heteroatoms. The van der Waals surface area contributed by atoms with Crippen molar-refractivity contribution in [2.45, 2.75) is 39.5 Å². The zero-order valence-corrected chi connectivity index (χ0v) is 12.4. The highest BCUT2D eigenvalue weighted by Crippen LogP contribution is 2.04. The lowest BCUT2D eigenvalue weighted by Crippen LogP contribution is -2.04. The van der Waals surface area contributed by atoms with Crippen LogP contribution in [0, 0.1) is 11.8 Å². The number of esters is 2. The molecule has 4 nitrogen and oxygen atoms in total. The van der Waals surface area contributed by atoms with Crippen molar-refractivity contribution in [2.75, 3.05) is 13.7 Å². The summed E-state index contributed by atoms with van der Waals surface area (Å²) in [6.07, 6.45) is 8.18. The van der Waals surface area contributed by atoms with Crippen molar-refractivity contribution in [2.24, 2.45) is 0 Å². The number of unbranched alkanes of at least 4 members (excludes halogenated alkanes) is 3. The number of carbonyl (C=O) groups is 2. The van der Waals surface area contributed by atoms with Crippen molar-refractivity contribution < 1.29 is 19.1 Å². The fourth-order valence-electron chi connectivity index (χ4n) is 1.31. The maximum atomic E-state index is 11.3. The first kappa shape index (κ1) is 18.0. The van der Waals surface area contributed by atoms with Crippen LogP contribution in [0.5, 0.6) is 0 Å². The van der Waals surface area contributed by atoms with E-state index in [9.17, 15) is 9.59 Å². The summed E-state index contributed by atoms with van der Waals surface area (Å²) < 4.78 is 9.31. The summed E-state index contributed by atoms with van der Waals surface area (Å²) in [4.78, 5) is 22.0. The van der Waals surface area contributed by atoms with Gasteiger partial charge in [0, 0.05) is 18.1 Å². The number of rotatable bonds is 7. The van der Waals surface area contributed by atoms with Crippen molar-refractivity contribution in [1.82, 2.24) is 0 Å². The molecule has 0 amide bonds. The number of carbonyl (C=O) groups excluding carboxylic acids is 2. The van der Waals surface area contributed by atoms with Gasteiger partial charge in [-0.15, -0.1) is 0 Å². The zero-order valence-electron chi connectivity index (χ0n) is 12.4. The SMILES string of the molecule is CCOC(=O)/C(C)=C/CCCCC#C/C=C/C(=O)OC. The van der Waals surface area contributed by atoms with Gasteiger partial charge in [0.15, 0.2) is 0 Å². The molecule has 0 aliphatic rings. The molecule has 0 spiro atoms. The molecule has 20 heavy (non-hydrogen) atoms. The van der Waals surface area contributed by atoms with Crippen LogP contribution < -0.4 is 0 Å². The number of methoxy groups -OCH3 is 1. The van der Waals surface area contributed by atoms with E-state index < -0.39 is 5.97 Å². The molecule has 0 radical (unpaired) electrons. The second-order valence-corrected chi connectivity index (χ2v) is 4.03. The normalized spacial score (nSPS) is 10.8. The van der Waals surface area contributed by atoms with Crippen LogP contribution in [0.1, 0.15) is 39.5 Å². The number of hydrogen-bond donors (Lipinski definition) is 0. The minimum Gasteiger partial charge on any atom is -0.466 e. The molecule has 0 saturated heterocycles. The van der Waals surface area contributed by atoms with E-state index in [1.807, 2.05) is 6.08 Å². The molecule has 0 bridgehead atoms. The predicted molar refractivity (Wildman–Crippen MR) is 77.8 cm³/mol. The molecule has 0 saturated carbocycles. The average molecular weight is 278 g/mol. The van der Waals surface area contributed by atoms with Crippen LogP contribution in [0.2, 0.25) is 0 Å². The molecule has 0 aromatic carbocycles. The quantitative estimate of drug-likeness (QED) is 0.311. The summed E-state index contributed by atoms with van der Waals surface area (Å²) in [5.74, 6) is 5.05. The molecule has 0 aliphatic heterocycles. The third kappa shape index (κ3) is 9.95. The van der Waals surface area contributed by atoms with E-state index in [1.165, 1.54) is 19.3 Å². The Hall–Kier alpha value is -2.02. The van der Waals surface area contributed by atoms with Crippen molar-refractivity contribution in [1.29, 1.82) is 0 Å². The average Bonchev–Trinajstić information content (AvgIpc) is 2.45. The van der Waals surface area contributed by atoms with E-state index in [-0.39, 0.29) is 5.97 Å². The highest BCUT2D eigenvalue weighted by atomic mass is 16.5. The van der Waals surface area contributed by atoms with Crippen molar-refractivity contribution in [3.8, 4) is 11.8 Å². The minimum atomic E-state index is -0.404. The Morgan fingerprint density at radius 2 is 2.00 bits per heavy atom. The third-order valence-corrected chi connectivity index (χ3v) is 2.41. The first-order valence-electron chi connectivity index (χ1n) is 6.68. The summed E-state index contributed by atoms with van der Waals surface area (Å²) in [6.45, 7) is 3.95. The smallest absolute Gasteiger partial charge is 0.333 e. The van der Waals surface area contributed by atoms with Gasteiger partial charge in [0.05, 0.1) is 13.7 Å². The summed E-state index contributed by atoms with van der Waals surface area (Å²) >= 11 is 0. The highest BCUT2D eigenvalue weighted by molar-refractivity contribution is 5.87. The predicted octanol–water partition coefficient (Wildman–Crippen LogP) is 2.79. The van der Waals surface area contributed by atoms with E-state index in [1.54, 1.807) is 13.8 Å². The first-order chi connectivity index (χ1) is 9.61. The van der Waals surface area contributed by atoms with Crippen LogP contribution >= 0.6 is 0 Å². The lowest BCUT2D eigenvalue weighted by Gasteiger charge is -2.00. The van der Waals surface area contributed by atoms with Gasteiger partial charge in [-0.25, -0.2) is 9.59 Å². The molecule has 0 fully saturated rings. The Kier molecular flexibility index (Phi) is 10.8. The number of allylic oxidation sites excluding steroid dienone is 2. The summed E-state index contributed by atoms with van der Waals surface area (Å²) in [5, 5.41) is 0. The Morgan fingerprint density at radius 3 is 2.65 bits per heavy atom. The minimum absolute atomic E-state index is 0.250. The fourth-order valence-corrected chi connectivity index (χ4v) is 1.31. The third-order valence-electron chi connectivity index (χ3n) is 2.41. The van der Waals surface area contributed by atoms with Gasteiger partial charge >= 0.3 is 11.9 Å². The van der Waals surface area contributed by atoms with Gasteiger partial charge in [-0.05, 0) is 39.2 Å². The first-order valence-corrected chi connectivity index (χ1v) is 6.68. The van der Waals surface area contributed by atoms with Crippen molar-refractivity contribution >= 4 is 11.9 Å². The largest absolute Gasteiger partial charge is 0.466 e. The Bertz CT molecular complexity index is 421. The van der Waals surface area contributed by atoms with Crippen LogP contribution in [0.15, 0.2) is 23.8 Å². The summed E-state index contributed by atoms with van der Waals surface area (Å²) in [7, 11) is 1.33. The van der Waals surface area contributed by atoms with Gasteiger partial charge in [0.2, 0.25) is 0 Å². The molecule has 0 heterocycles. The molecule has 0 aromatic rings. The van der Waals surface area contributed by atoms with Crippen LogP contribution in [0.25, 0.3) is 0 Å². The zero-order chi connectivity index (χ0) is 15.2. The Morgan fingerprint density at radius 1 is 1.25 bits per heavy atom. The van der Waals surface area contributed by atoms with E-state index >= 15 is 0 Å². The van der Waals surface area contributed by atoms with Crippen molar-refractivity contribution in [3.63, 3.8) is 0 Å². The van der Waals surface area contributed by atoms with Gasteiger partial charge in [-0.1, -0.05) is 17.9 Å². The number of hydrogen-bond acceptors (Lipinski definition) is 4. The molecular weight excluding hydrogens is 256 g/mol. The van der Waals surface area contributed by atoms with Crippen LogP contribution in [-0.2, 0) is 19.1 Å². The molecule has 0 atom stereocenters. The van der Waals surface area contributed by atoms with Crippen LogP contribution in [-0.4, -0.2) is 25.7 Å². The lowest BCUT2D eigenvalue weighted by molar-refractivity contribution is -0.138. The molecule has 110 valence electrons. The Labute approximate surface area is 120 Å². The van der Waals surface area contributed by atoms with Crippen LogP contribution in [0.4, 0.5) is 0 Å². The highest BCUT2D eigenvalue weighted by Gasteiger charge is 2.02. The van der Waals surface area contributed by atoms with E-state index in [2.05, 4.69) is 16.6 Å². The lowest BCUT2D eigenvalue weighted by atomic mass is 10.1. The van der Waals surface area contributed by atoms with Crippen molar-refractivity contribution in [3.05, 3.63) is 23.8 Å². The fraction of sp³-hybridized carbons (Fsp3) is 0.500.